The third kappa shape index (κ3) is 19.3. The van der Waals surface area contributed by atoms with Crippen LogP contribution >= 0.6 is 79.6 Å². The van der Waals surface area contributed by atoms with Gasteiger partial charge in [-0.3, -0.25) is 4.79 Å². The number of nitrogens with two attached hydrogens (primary N) is 1. The molecule has 25 nitrogen and oxygen atoms in total. The number of amides is 1. The van der Waals surface area contributed by atoms with Crippen LogP contribution in [0.4, 0.5) is 11.4 Å². The second kappa shape index (κ2) is 41.8. The van der Waals surface area contributed by atoms with Crippen molar-refractivity contribution < 1.29 is 41.9 Å². The van der Waals surface area contributed by atoms with Gasteiger partial charge in [0.25, 0.3) is 5.91 Å². The van der Waals surface area contributed by atoms with Crippen molar-refractivity contribution >= 4 is 219 Å². The molecule has 8 aromatic heterocycles. The highest BCUT2D eigenvalue weighted by atomic mass is 79.9. The standard InChI is InChI=1S/C31H26BN3O3.C25H16BrN3O2.C25H14BrN3O.C18H13N3O.C12H7BrN2O.C6H2Br2N2O/c1-30(2)31(3,4)37-32(36-30)21-16-14-20(15-17-21)27-24-18-23(19-10-6-5-7-11-19)28-29(35-38-34-28)26(24)22-12-8-9-13-25(22)33-27;26-18-12-10-17(11-13-18)25(30)27-22-9-5-4-8-20(22)21-15-14-19(16-6-2-1-3-7-16)23-24(21)29-31-28-23;26-17-12-10-16(11-13-17)23-20-14-19(15-6-2-1-3-7-15)24-25(29-30-28-24)22(20)18-8-4-5-9-21(18)27-23;19-16-9-5-4-8-14(16)15-11-10-13(12-6-2-1-3-7-12)17-18(15)21-22-20-17;13-10-7-6-9(8-4-2-1-3-5-8)11-12(10)15-16-14-11;7-3-1-2-4(8)6-5(3)9-11-10-6/h5-18H,1-4H3;1-15H,(H,27,30);1-14H;1-11H,19H2;1-7H;1-2H. The highest BCUT2D eigenvalue weighted by Gasteiger charge is 2.52. The maximum absolute atomic E-state index is 12.8. The quantitative estimate of drug-likeness (QED) is 0.0652. The van der Waals surface area contributed by atoms with E-state index in [0.717, 1.165) is 227 Å². The van der Waals surface area contributed by atoms with Gasteiger partial charge in [-0.25, -0.2) is 37.7 Å². The van der Waals surface area contributed by atoms with E-state index in [1.165, 1.54) is 0 Å². The Morgan fingerprint density at radius 2 is 0.568 bits per heavy atom. The summed E-state index contributed by atoms with van der Waals surface area (Å²) in [5, 5.41) is 58.0. The van der Waals surface area contributed by atoms with Crippen LogP contribution in [0.2, 0.25) is 0 Å². The van der Waals surface area contributed by atoms with Gasteiger partial charge in [-0.2, -0.15) is 0 Å². The van der Waals surface area contributed by atoms with Gasteiger partial charge in [0, 0.05) is 133 Å². The molecule has 0 spiro atoms. The first-order chi connectivity index (χ1) is 72.3. The van der Waals surface area contributed by atoms with Crippen LogP contribution in [0.25, 0.3) is 210 Å². The average Bonchev–Trinajstić information content (AvgIpc) is 1.37. The van der Waals surface area contributed by atoms with Crippen LogP contribution < -0.4 is 16.5 Å². The summed E-state index contributed by atoms with van der Waals surface area (Å²) in [7, 11) is -0.416. The van der Waals surface area contributed by atoms with Crippen LogP contribution in [-0.4, -0.2) is 96.1 Å². The second-order valence-corrected chi connectivity index (χ2v) is 39.9. The minimum absolute atomic E-state index is 0.185. The number of nitrogens with zero attached hydrogens (tertiary/aromatic N) is 14. The molecule has 26 aromatic rings. The van der Waals surface area contributed by atoms with E-state index in [4.69, 9.17) is 48.2 Å². The molecule has 0 radical (unpaired) electrons. The molecule has 27 rings (SSSR count). The normalized spacial score (nSPS) is 12.5. The van der Waals surface area contributed by atoms with E-state index in [1.807, 2.05) is 285 Å². The number of nitrogens with one attached hydrogen (secondary N) is 1. The number of fused-ring (bicyclic) bond motifs is 14. The molecule has 0 bridgehead atoms. The van der Waals surface area contributed by atoms with E-state index in [2.05, 4.69) is 264 Å². The third-order valence-electron chi connectivity index (χ3n) is 26.0. The predicted octanol–water partition coefficient (Wildman–Crippen LogP) is 30.7. The van der Waals surface area contributed by atoms with Crippen molar-refractivity contribution in [3.8, 4) is 100 Å². The lowest BCUT2D eigenvalue weighted by molar-refractivity contribution is 0.00578. The van der Waals surface area contributed by atoms with Crippen LogP contribution in [0.3, 0.4) is 0 Å². The molecule has 0 aliphatic carbocycles. The lowest BCUT2D eigenvalue weighted by Gasteiger charge is -2.32. The van der Waals surface area contributed by atoms with E-state index in [0.29, 0.717) is 28.0 Å². The van der Waals surface area contributed by atoms with Crippen molar-refractivity contribution in [2.24, 2.45) is 0 Å². The van der Waals surface area contributed by atoms with E-state index >= 15 is 0 Å². The lowest BCUT2D eigenvalue weighted by atomic mass is 9.78. The number of benzene rings is 18. The predicted molar refractivity (Wildman–Crippen MR) is 598 cm³/mol. The minimum atomic E-state index is -0.416. The first-order valence-corrected chi connectivity index (χ1v) is 50.7. The number of halogens is 5. The first kappa shape index (κ1) is 96.2. The van der Waals surface area contributed by atoms with Crippen molar-refractivity contribution in [2.45, 2.75) is 38.9 Å². The molecule has 0 unspecified atom stereocenters. The van der Waals surface area contributed by atoms with Gasteiger partial charge in [0.2, 0.25) is 0 Å². The molecule has 18 aromatic carbocycles. The number of anilines is 2. The Balaban J connectivity index is 0.000000104. The number of nitrogen functional groups attached to an aromatic ring is 1. The monoisotopic (exact) mass is 2260 g/mol. The molecule has 1 amide bonds. The van der Waals surface area contributed by atoms with Crippen LogP contribution in [-0.2, 0) is 9.31 Å². The Labute approximate surface area is 885 Å². The largest absolute Gasteiger partial charge is 0.494 e. The molecule has 31 heteroatoms. The Bertz CT molecular complexity index is 9350. The van der Waals surface area contributed by atoms with Gasteiger partial charge in [0.1, 0.15) is 55.2 Å². The summed E-state index contributed by atoms with van der Waals surface area (Å²) in [6.45, 7) is 8.26. The molecule has 3 N–H and O–H groups in total. The van der Waals surface area contributed by atoms with Crippen molar-refractivity contribution in [2.75, 3.05) is 11.1 Å². The number of carbonyl (C=O) groups is 1. The van der Waals surface area contributed by atoms with E-state index in [-0.39, 0.29) is 5.91 Å². The van der Waals surface area contributed by atoms with Crippen LogP contribution in [0.5, 0.6) is 0 Å². The molecule has 1 saturated heterocycles. The minimum Gasteiger partial charge on any atom is -0.399 e. The molecular weight excluding hydrogens is 2180 g/mol. The first-order valence-electron chi connectivity index (χ1n) is 46.7. The van der Waals surface area contributed by atoms with Crippen LogP contribution in [0.1, 0.15) is 38.1 Å². The second-order valence-electron chi connectivity index (χ2n) is 35.5. The number of para-hydroxylation sites is 4. The van der Waals surface area contributed by atoms with Crippen LogP contribution in [0, 0.1) is 0 Å². The zero-order chi connectivity index (χ0) is 101. The van der Waals surface area contributed by atoms with Gasteiger partial charge in [-0.1, -0.05) is 323 Å². The molecule has 1 aliphatic heterocycles. The summed E-state index contributed by atoms with van der Waals surface area (Å²) in [5.74, 6) is -0.185. The fourth-order valence-corrected chi connectivity index (χ4v) is 19.7. The Hall–Kier alpha value is -16.6. The number of hydrogen-bond donors (Lipinski definition) is 2. The number of hydrogen-bond acceptors (Lipinski definition) is 24. The summed E-state index contributed by atoms with van der Waals surface area (Å²) in [6.07, 6.45) is 0. The zero-order valence-electron chi connectivity index (χ0n) is 78.9. The average molecular weight is 2260 g/mol. The summed E-state index contributed by atoms with van der Waals surface area (Å²) < 4.78 is 47.1. The van der Waals surface area contributed by atoms with Crippen molar-refractivity contribution in [3.63, 3.8) is 0 Å². The molecular formula is C117H78BBr5N16O9. The highest BCUT2D eigenvalue weighted by Crippen LogP contribution is 2.47. The maximum atomic E-state index is 12.8. The van der Waals surface area contributed by atoms with Crippen molar-refractivity contribution in [1.29, 1.82) is 0 Å². The van der Waals surface area contributed by atoms with Gasteiger partial charge < -0.3 is 20.4 Å². The molecule has 1 fully saturated rings. The number of carbonyl (C=O) groups excluding carboxylic acids is 1. The molecule has 0 saturated carbocycles. The summed E-state index contributed by atoms with van der Waals surface area (Å²) in [5.41, 5.74) is 36.4. The fraction of sp³-hybridized carbons (Fsp3) is 0.0513. The van der Waals surface area contributed by atoms with Gasteiger partial charge in [-0.05, 0) is 262 Å². The smallest absolute Gasteiger partial charge is 0.399 e. The van der Waals surface area contributed by atoms with Gasteiger partial charge in [0.05, 0.1) is 33.6 Å². The van der Waals surface area contributed by atoms with E-state index in [1.54, 1.807) is 12.1 Å². The summed E-state index contributed by atoms with van der Waals surface area (Å²) >= 11 is 17.0. The zero-order valence-corrected chi connectivity index (χ0v) is 86.8. The molecule has 9 heterocycles. The van der Waals surface area contributed by atoms with E-state index in [9.17, 15) is 4.79 Å². The Morgan fingerprint density at radius 3 is 0.986 bits per heavy atom. The Morgan fingerprint density at radius 1 is 0.270 bits per heavy atom. The number of aromatic nitrogens is 14. The van der Waals surface area contributed by atoms with E-state index < -0.39 is 18.3 Å². The lowest BCUT2D eigenvalue weighted by Crippen LogP contribution is -2.41. The number of pyridine rings is 2. The van der Waals surface area contributed by atoms with Gasteiger partial charge in [0.15, 0.2) is 11.0 Å². The maximum Gasteiger partial charge on any atom is 0.494 e. The fourth-order valence-electron chi connectivity index (χ4n) is 18.0. The molecule has 1 aliphatic rings. The number of rotatable bonds is 12. The molecule has 0 atom stereocenters. The van der Waals surface area contributed by atoms with Gasteiger partial charge >= 0.3 is 7.12 Å². The van der Waals surface area contributed by atoms with Crippen molar-refractivity contribution in [1.82, 2.24) is 71.8 Å². The van der Waals surface area contributed by atoms with Crippen molar-refractivity contribution in [3.05, 3.63) is 410 Å². The topological polar surface area (TPSA) is 333 Å². The Kier molecular flexibility index (Phi) is 27.2. The van der Waals surface area contributed by atoms with Crippen LogP contribution in [0.15, 0.2) is 432 Å². The molecule has 148 heavy (non-hydrogen) atoms. The molecule has 718 valence electrons. The third-order valence-corrected chi connectivity index (χ3v) is 29.0. The SMILES string of the molecule is Brc1ccc(-c2ccccc2)c2nonc12.Brc1ccc(-c2nc3ccccc3c3c2cc(-c2ccccc2)c2nonc23)cc1.Brc1ccc(Br)c2nonc12.CC1(C)OB(c2ccc(-c3nc4ccccc4c4c3cc(-c3ccccc3)c3nonc34)cc2)OC1(C)C.Nc1ccccc1-c1ccc(-c2ccccc2)c2nonc12.O=C(Nc1ccccc1-c1ccc(-c2ccccc2)c2nonc12)c1ccc(Br)cc1. The highest BCUT2D eigenvalue weighted by molar-refractivity contribution is 9.11. The summed E-state index contributed by atoms with van der Waals surface area (Å²) in [4.78, 5) is 23.0. The summed E-state index contributed by atoms with van der Waals surface area (Å²) in [6, 6.07) is 126. The van der Waals surface area contributed by atoms with Gasteiger partial charge in [-0.15, -0.1) is 0 Å².